The highest BCUT2D eigenvalue weighted by Gasteiger charge is 2.19. The Labute approximate surface area is 123 Å². The monoisotopic (exact) mass is 299 g/mol. The van der Waals surface area contributed by atoms with Gasteiger partial charge in [-0.3, -0.25) is 4.79 Å². The second-order valence-electron chi connectivity index (χ2n) is 5.35. The van der Waals surface area contributed by atoms with Crippen LogP contribution in [-0.4, -0.2) is 54.1 Å². The molecule has 1 aromatic heterocycles. The first-order chi connectivity index (χ1) is 9.61. The first-order valence-electron chi connectivity index (χ1n) is 7.02. The van der Waals surface area contributed by atoms with Gasteiger partial charge in [0.2, 0.25) is 0 Å². The molecule has 1 saturated heterocycles. The van der Waals surface area contributed by atoms with E-state index >= 15 is 0 Å². The maximum Gasteiger partial charge on any atom is 0.271 e. The molecule has 1 aromatic rings. The summed E-state index contributed by atoms with van der Waals surface area (Å²) in [6.45, 7) is 7.56. The molecular formula is C13H22ClN5O. The van der Waals surface area contributed by atoms with Gasteiger partial charge in [-0.1, -0.05) is 18.5 Å². The summed E-state index contributed by atoms with van der Waals surface area (Å²) >= 11 is 6.04. The maximum absolute atomic E-state index is 11.5. The van der Waals surface area contributed by atoms with Crippen molar-refractivity contribution in [2.45, 2.75) is 13.3 Å². The number of nitrogens with two attached hydrogens (primary N) is 1. The van der Waals surface area contributed by atoms with Crippen LogP contribution in [0.5, 0.6) is 0 Å². The normalized spacial score (nSPS) is 18.9. The topological polar surface area (TPSA) is 78.2 Å². The number of anilines is 1. The Balaban J connectivity index is 2.02. The van der Waals surface area contributed by atoms with Crippen molar-refractivity contribution in [3.8, 4) is 0 Å². The van der Waals surface area contributed by atoms with Gasteiger partial charge in [-0.15, -0.1) is 0 Å². The van der Waals surface area contributed by atoms with Gasteiger partial charge in [-0.05, 0) is 25.4 Å². The second-order valence-corrected chi connectivity index (χ2v) is 5.73. The van der Waals surface area contributed by atoms with E-state index in [1.807, 2.05) is 0 Å². The molecule has 0 saturated carbocycles. The lowest BCUT2D eigenvalue weighted by Gasteiger charge is -2.24. The van der Waals surface area contributed by atoms with Crippen LogP contribution in [0.2, 0.25) is 5.02 Å². The largest absolute Gasteiger partial charge is 0.354 e. The smallest absolute Gasteiger partial charge is 0.271 e. The van der Waals surface area contributed by atoms with Crippen molar-refractivity contribution in [2.75, 3.05) is 44.2 Å². The molecule has 1 unspecified atom stereocenters. The van der Waals surface area contributed by atoms with Gasteiger partial charge >= 0.3 is 0 Å². The molecule has 0 amide bonds. The van der Waals surface area contributed by atoms with E-state index in [1.165, 1.54) is 6.33 Å². The third kappa shape index (κ3) is 3.71. The molecular weight excluding hydrogens is 278 g/mol. The molecule has 2 heterocycles. The lowest BCUT2D eigenvalue weighted by atomic mass is 10.1. The Hall–Kier alpha value is -1.11. The van der Waals surface area contributed by atoms with Gasteiger partial charge in [0.1, 0.15) is 5.02 Å². The number of aromatic nitrogens is 2. The fourth-order valence-corrected chi connectivity index (χ4v) is 2.70. The third-order valence-corrected chi connectivity index (χ3v) is 3.98. The predicted octanol–water partition coefficient (Wildman–Crippen LogP) is 0.530. The summed E-state index contributed by atoms with van der Waals surface area (Å²) in [5.41, 5.74) is 5.40. The van der Waals surface area contributed by atoms with Crippen LogP contribution in [0.3, 0.4) is 0 Å². The third-order valence-electron chi connectivity index (χ3n) is 3.64. The molecule has 2 rings (SSSR count). The number of hydrogen-bond acceptors (Lipinski definition) is 5. The minimum absolute atomic E-state index is 0.177. The number of halogens is 1. The molecule has 0 spiro atoms. The quantitative estimate of drug-likeness (QED) is 0.848. The van der Waals surface area contributed by atoms with Crippen LogP contribution in [-0.2, 0) is 0 Å². The number of hydrogen-bond donors (Lipinski definition) is 2. The van der Waals surface area contributed by atoms with Crippen molar-refractivity contribution in [2.24, 2.45) is 11.7 Å². The minimum atomic E-state index is -0.283. The van der Waals surface area contributed by atoms with E-state index in [2.05, 4.69) is 26.7 Å². The van der Waals surface area contributed by atoms with Crippen molar-refractivity contribution in [1.29, 1.82) is 0 Å². The summed E-state index contributed by atoms with van der Waals surface area (Å²) in [6, 6.07) is 0. The average molecular weight is 300 g/mol. The van der Waals surface area contributed by atoms with Crippen LogP contribution in [0.15, 0.2) is 11.1 Å². The van der Waals surface area contributed by atoms with E-state index in [0.29, 0.717) is 18.3 Å². The summed E-state index contributed by atoms with van der Waals surface area (Å²) in [4.78, 5) is 22.7. The fraction of sp³-hybridized carbons (Fsp3) is 0.692. The summed E-state index contributed by atoms with van der Waals surface area (Å²) in [6.07, 6.45) is 2.44. The van der Waals surface area contributed by atoms with Crippen LogP contribution < -0.4 is 16.2 Å². The molecule has 3 N–H and O–H groups in total. The molecule has 0 radical (unpaired) electrons. The molecule has 1 atom stereocenters. The van der Waals surface area contributed by atoms with Crippen molar-refractivity contribution < 1.29 is 0 Å². The Kier molecular flexibility index (Phi) is 5.39. The van der Waals surface area contributed by atoms with Crippen molar-refractivity contribution in [3.63, 3.8) is 0 Å². The van der Waals surface area contributed by atoms with E-state index < -0.39 is 0 Å². The first-order valence-corrected chi connectivity index (χ1v) is 7.40. The first kappa shape index (κ1) is 15.3. The van der Waals surface area contributed by atoms with E-state index in [-0.39, 0.29) is 10.6 Å². The Morgan fingerprint density at radius 2 is 2.25 bits per heavy atom. The summed E-state index contributed by atoms with van der Waals surface area (Å²) < 4.78 is 0. The standard InChI is InChI=1S/C13H22ClN5O/c1-10(7-15)8-18-3-2-4-19(6-5-18)12-11(14)13(20)17-9-16-12/h9-10H,2-8,15H2,1H3,(H,16,17,20). The van der Waals surface area contributed by atoms with Gasteiger partial charge in [-0.25, -0.2) is 4.98 Å². The van der Waals surface area contributed by atoms with Crippen molar-refractivity contribution in [3.05, 3.63) is 21.7 Å². The van der Waals surface area contributed by atoms with Gasteiger partial charge in [0.15, 0.2) is 5.82 Å². The maximum atomic E-state index is 11.5. The molecule has 1 fully saturated rings. The van der Waals surface area contributed by atoms with Crippen LogP contribution in [0.1, 0.15) is 13.3 Å². The number of nitrogens with zero attached hydrogens (tertiary/aromatic N) is 3. The molecule has 6 nitrogen and oxygen atoms in total. The van der Waals surface area contributed by atoms with E-state index in [4.69, 9.17) is 17.3 Å². The number of nitrogens with one attached hydrogen (secondary N) is 1. The molecule has 7 heteroatoms. The summed E-state index contributed by atoms with van der Waals surface area (Å²) in [5, 5.41) is 0.177. The minimum Gasteiger partial charge on any atom is -0.354 e. The molecule has 0 bridgehead atoms. The van der Waals surface area contributed by atoms with Crippen LogP contribution in [0.25, 0.3) is 0 Å². The lowest BCUT2D eigenvalue weighted by Crippen LogP contribution is -2.35. The Morgan fingerprint density at radius 1 is 1.45 bits per heavy atom. The summed E-state index contributed by atoms with van der Waals surface area (Å²) in [7, 11) is 0. The molecule has 112 valence electrons. The zero-order chi connectivity index (χ0) is 14.5. The van der Waals surface area contributed by atoms with E-state index in [1.54, 1.807) is 0 Å². The zero-order valence-corrected chi connectivity index (χ0v) is 12.6. The van der Waals surface area contributed by atoms with Gasteiger partial charge in [0.25, 0.3) is 5.56 Å². The van der Waals surface area contributed by atoms with Gasteiger partial charge in [0, 0.05) is 26.2 Å². The lowest BCUT2D eigenvalue weighted by molar-refractivity contribution is 0.255. The predicted molar refractivity (Wildman–Crippen MR) is 81.4 cm³/mol. The Morgan fingerprint density at radius 3 is 3.00 bits per heavy atom. The molecule has 1 aliphatic heterocycles. The van der Waals surface area contributed by atoms with Crippen LogP contribution >= 0.6 is 11.6 Å². The zero-order valence-electron chi connectivity index (χ0n) is 11.8. The van der Waals surface area contributed by atoms with Crippen molar-refractivity contribution in [1.82, 2.24) is 14.9 Å². The number of H-pyrrole nitrogens is 1. The molecule has 0 aromatic carbocycles. The highest BCUT2D eigenvalue weighted by atomic mass is 35.5. The van der Waals surface area contributed by atoms with Crippen LogP contribution in [0.4, 0.5) is 5.82 Å². The summed E-state index contributed by atoms with van der Waals surface area (Å²) in [5.74, 6) is 1.09. The van der Waals surface area contributed by atoms with E-state index in [0.717, 1.165) is 39.1 Å². The van der Waals surface area contributed by atoms with Crippen LogP contribution in [0, 0.1) is 5.92 Å². The van der Waals surface area contributed by atoms with Crippen molar-refractivity contribution >= 4 is 17.4 Å². The Bertz CT molecular complexity index is 492. The highest BCUT2D eigenvalue weighted by Crippen LogP contribution is 2.20. The molecule has 0 aliphatic carbocycles. The molecule has 20 heavy (non-hydrogen) atoms. The molecule has 1 aliphatic rings. The van der Waals surface area contributed by atoms with Gasteiger partial charge < -0.3 is 20.5 Å². The highest BCUT2D eigenvalue weighted by molar-refractivity contribution is 6.32. The average Bonchev–Trinajstić information content (AvgIpc) is 2.67. The fourth-order valence-electron chi connectivity index (χ4n) is 2.47. The van der Waals surface area contributed by atoms with Gasteiger partial charge in [0.05, 0.1) is 6.33 Å². The van der Waals surface area contributed by atoms with E-state index in [9.17, 15) is 4.79 Å². The van der Waals surface area contributed by atoms with Gasteiger partial charge in [-0.2, -0.15) is 0 Å². The number of aromatic amines is 1. The number of rotatable bonds is 4. The second kappa shape index (κ2) is 7.06. The SMILES string of the molecule is CC(CN)CN1CCCN(c2nc[nH]c(=O)c2Cl)CC1.